The third kappa shape index (κ3) is 6.22. The van der Waals surface area contributed by atoms with Crippen LogP contribution in [0.1, 0.15) is 52.4 Å². The van der Waals surface area contributed by atoms with Gasteiger partial charge in [0.1, 0.15) is 17.2 Å². The fourth-order valence-corrected chi connectivity index (χ4v) is 4.81. The summed E-state index contributed by atoms with van der Waals surface area (Å²) >= 11 is 6.09. The summed E-state index contributed by atoms with van der Waals surface area (Å²) in [5.41, 5.74) is 3.96. The van der Waals surface area contributed by atoms with Gasteiger partial charge in [0.2, 0.25) is 0 Å². The van der Waals surface area contributed by atoms with Crippen molar-refractivity contribution >= 4 is 23.4 Å². The van der Waals surface area contributed by atoms with E-state index in [1.165, 1.54) is 11.6 Å². The standard InChI is InChI=1S/C28H32ClFN4O2/c1-19(2)22-10-11-32-27(26(22)28(35)36)34-14-12-33(13-15-34)18-21-8-6-20(7-9-21)16-31-17-23-24(29)4-3-5-25(23)30/h3-11,19,31H,12-18H2,1-2H3,(H,35,36). The Morgan fingerprint density at radius 3 is 2.39 bits per heavy atom. The Kier molecular flexibility index (Phi) is 8.56. The first-order valence-corrected chi connectivity index (χ1v) is 12.6. The number of anilines is 1. The molecule has 0 radical (unpaired) electrons. The Labute approximate surface area is 216 Å². The largest absolute Gasteiger partial charge is 0.478 e. The molecule has 0 unspecified atom stereocenters. The summed E-state index contributed by atoms with van der Waals surface area (Å²) in [4.78, 5) is 20.9. The number of pyridine rings is 1. The number of carboxylic acids is 1. The zero-order chi connectivity index (χ0) is 25.7. The molecule has 1 fully saturated rings. The number of rotatable bonds is 9. The number of halogens is 2. The van der Waals surface area contributed by atoms with E-state index in [-0.39, 0.29) is 11.7 Å². The van der Waals surface area contributed by atoms with Crippen LogP contribution in [-0.2, 0) is 19.6 Å². The number of nitrogens with zero attached hydrogens (tertiary/aromatic N) is 3. The number of carbonyl (C=O) groups is 1. The Bertz CT molecular complexity index is 1170. The molecule has 0 atom stereocenters. The van der Waals surface area contributed by atoms with Gasteiger partial charge in [-0.15, -0.1) is 0 Å². The first-order chi connectivity index (χ1) is 17.3. The number of hydrogen-bond acceptors (Lipinski definition) is 5. The van der Waals surface area contributed by atoms with Crippen LogP contribution in [0.2, 0.25) is 5.02 Å². The number of aromatic carboxylic acids is 1. The fourth-order valence-electron chi connectivity index (χ4n) is 4.58. The summed E-state index contributed by atoms with van der Waals surface area (Å²) in [5, 5.41) is 13.5. The van der Waals surface area contributed by atoms with Gasteiger partial charge in [-0.1, -0.05) is 55.8 Å². The number of piperazine rings is 1. The summed E-state index contributed by atoms with van der Waals surface area (Å²) in [5.74, 6) is -0.527. The van der Waals surface area contributed by atoms with Crippen LogP contribution in [0.15, 0.2) is 54.7 Å². The van der Waals surface area contributed by atoms with E-state index < -0.39 is 5.97 Å². The smallest absolute Gasteiger partial charge is 0.339 e. The molecular weight excluding hydrogens is 479 g/mol. The minimum atomic E-state index is -0.921. The highest BCUT2D eigenvalue weighted by Gasteiger charge is 2.25. The Balaban J connectivity index is 1.29. The van der Waals surface area contributed by atoms with Gasteiger partial charge in [-0.3, -0.25) is 4.90 Å². The highest BCUT2D eigenvalue weighted by Crippen LogP contribution is 2.28. The first kappa shape index (κ1) is 26.1. The molecule has 0 bridgehead atoms. The zero-order valence-corrected chi connectivity index (χ0v) is 21.4. The summed E-state index contributed by atoms with van der Waals surface area (Å²) < 4.78 is 13.9. The lowest BCUT2D eigenvalue weighted by Crippen LogP contribution is -2.46. The van der Waals surface area contributed by atoms with Gasteiger partial charge < -0.3 is 15.3 Å². The third-order valence-electron chi connectivity index (χ3n) is 6.59. The van der Waals surface area contributed by atoms with Crippen LogP contribution in [0.3, 0.4) is 0 Å². The van der Waals surface area contributed by atoms with Crippen molar-refractivity contribution in [2.75, 3.05) is 31.1 Å². The molecule has 0 aliphatic carbocycles. The van der Waals surface area contributed by atoms with Gasteiger partial charge in [0, 0.05) is 62.6 Å². The van der Waals surface area contributed by atoms with E-state index >= 15 is 0 Å². The van der Waals surface area contributed by atoms with Crippen molar-refractivity contribution < 1.29 is 14.3 Å². The molecule has 190 valence electrons. The van der Waals surface area contributed by atoms with E-state index in [0.29, 0.717) is 35.1 Å². The van der Waals surface area contributed by atoms with E-state index in [4.69, 9.17) is 11.6 Å². The quantitative estimate of drug-likeness (QED) is 0.407. The molecule has 1 aromatic heterocycles. The Morgan fingerprint density at radius 2 is 1.75 bits per heavy atom. The molecule has 2 aromatic carbocycles. The molecule has 3 aromatic rings. The SMILES string of the molecule is CC(C)c1ccnc(N2CCN(Cc3ccc(CNCc4c(F)cccc4Cl)cc3)CC2)c1C(=O)O. The van der Waals surface area contributed by atoms with Gasteiger partial charge >= 0.3 is 5.97 Å². The van der Waals surface area contributed by atoms with Crippen molar-refractivity contribution in [2.24, 2.45) is 0 Å². The summed E-state index contributed by atoms with van der Waals surface area (Å²) in [6, 6.07) is 14.9. The average Bonchev–Trinajstić information content (AvgIpc) is 2.86. The molecule has 8 heteroatoms. The molecule has 6 nitrogen and oxygen atoms in total. The number of carboxylic acid groups (broad SMARTS) is 1. The second-order valence-electron chi connectivity index (χ2n) is 9.44. The van der Waals surface area contributed by atoms with E-state index in [0.717, 1.165) is 43.9 Å². The van der Waals surface area contributed by atoms with Gasteiger partial charge in [-0.2, -0.15) is 0 Å². The molecule has 2 N–H and O–H groups in total. The maximum atomic E-state index is 13.9. The van der Waals surface area contributed by atoms with E-state index in [1.54, 1.807) is 18.3 Å². The van der Waals surface area contributed by atoms with Gasteiger partial charge in [-0.05, 0) is 40.8 Å². The Morgan fingerprint density at radius 1 is 1.06 bits per heavy atom. The number of nitrogens with one attached hydrogen (secondary N) is 1. The molecule has 0 amide bonds. The molecule has 0 spiro atoms. The molecule has 1 aliphatic rings. The highest BCUT2D eigenvalue weighted by atomic mass is 35.5. The van der Waals surface area contributed by atoms with Crippen LogP contribution in [0.4, 0.5) is 10.2 Å². The van der Waals surface area contributed by atoms with Crippen molar-refractivity contribution in [3.05, 3.63) is 93.4 Å². The highest BCUT2D eigenvalue weighted by molar-refractivity contribution is 6.31. The lowest BCUT2D eigenvalue weighted by Gasteiger charge is -2.36. The first-order valence-electron chi connectivity index (χ1n) is 12.2. The molecule has 4 rings (SSSR count). The normalized spacial score (nSPS) is 14.4. The van der Waals surface area contributed by atoms with E-state index in [1.807, 2.05) is 19.9 Å². The summed E-state index contributed by atoms with van der Waals surface area (Å²) in [6.45, 7) is 8.96. The molecular formula is C28H32ClFN4O2. The summed E-state index contributed by atoms with van der Waals surface area (Å²) in [7, 11) is 0. The van der Waals surface area contributed by atoms with Crippen molar-refractivity contribution in [2.45, 2.75) is 39.4 Å². The second-order valence-corrected chi connectivity index (χ2v) is 9.85. The number of aromatic nitrogens is 1. The van der Waals surface area contributed by atoms with E-state index in [9.17, 15) is 14.3 Å². The molecule has 0 saturated carbocycles. The van der Waals surface area contributed by atoms with Crippen molar-refractivity contribution in [1.29, 1.82) is 0 Å². The lowest BCUT2D eigenvalue weighted by atomic mass is 9.98. The van der Waals surface area contributed by atoms with Crippen LogP contribution in [0.5, 0.6) is 0 Å². The maximum absolute atomic E-state index is 13.9. The van der Waals surface area contributed by atoms with Crippen molar-refractivity contribution in [3.63, 3.8) is 0 Å². The van der Waals surface area contributed by atoms with Crippen LogP contribution >= 0.6 is 11.6 Å². The van der Waals surface area contributed by atoms with Gasteiger partial charge in [0.15, 0.2) is 0 Å². The summed E-state index contributed by atoms with van der Waals surface area (Å²) in [6.07, 6.45) is 1.71. The van der Waals surface area contributed by atoms with Gasteiger partial charge in [0.05, 0.1) is 0 Å². The predicted octanol–water partition coefficient (Wildman–Crippen LogP) is 5.31. The number of benzene rings is 2. The molecule has 2 heterocycles. The van der Waals surface area contributed by atoms with Crippen LogP contribution in [0.25, 0.3) is 0 Å². The van der Waals surface area contributed by atoms with Crippen LogP contribution in [-0.4, -0.2) is 47.1 Å². The van der Waals surface area contributed by atoms with E-state index in [2.05, 4.69) is 44.4 Å². The lowest BCUT2D eigenvalue weighted by molar-refractivity contribution is 0.0695. The fraction of sp³-hybridized carbons (Fsp3) is 0.357. The van der Waals surface area contributed by atoms with Crippen LogP contribution < -0.4 is 10.2 Å². The number of hydrogen-bond donors (Lipinski definition) is 2. The minimum Gasteiger partial charge on any atom is -0.478 e. The zero-order valence-electron chi connectivity index (χ0n) is 20.7. The molecule has 36 heavy (non-hydrogen) atoms. The Hall–Kier alpha value is -3.00. The maximum Gasteiger partial charge on any atom is 0.339 e. The minimum absolute atomic E-state index is 0.120. The average molecular weight is 511 g/mol. The monoisotopic (exact) mass is 510 g/mol. The van der Waals surface area contributed by atoms with Crippen molar-refractivity contribution in [1.82, 2.24) is 15.2 Å². The third-order valence-corrected chi connectivity index (χ3v) is 6.95. The van der Waals surface area contributed by atoms with Gasteiger partial charge in [-0.25, -0.2) is 14.2 Å². The molecule has 1 saturated heterocycles. The predicted molar refractivity (Wildman–Crippen MR) is 141 cm³/mol. The second kappa shape index (κ2) is 11.8. The topological polar surface area (TPSA) is 68.7 Å². The van der Waals surface area contributed by atoms with Crippen molar-refractivity contribution in [3.8, 4) is 0 Å². The molecule has 1 aliphatic heterocycles. The van der Waals surface area contributed by atoms with Crippen LogP contribution in [0, 0.1) is 5.82 Å². The van der Waals surface area contributed by atoms with Gasteiger partial charge in [0.25, 0.3) is 0 Å².